The van der Waals surface area contributed by atoms with E-state index in [0.29, 0.717) is 5.56 Å². The maximum Gasteiger partial charge on any atom is 0.339 e. The molecule has 0 aromatic heterocycles. The Bertz CT molecular complexity index is 378. The Balaban J connectivity index is 0.000000267. The summed E-state index contributed by atoms with van der Waals surface area (Å²) < 4.78 is 0. The van der Waals surface area contributed by atoms with Crippen molar-refractivity contribution < 1.29 is 24.8 Å². The average Bonchev–Trinajstić information content (AvgIpc) is 2.08. The first-order chi connectivity index (χ1) is 7.54. The van der Waals surface area contributed by atoms with Gasteiger partial charge in [-0.15, -0.1) is 0 Å². The molecule has 0 amide bonds. The van der Waals surface area contributed by atoms with Crippen molar-refractivity contribution in [3.63, 3.8) is 0 Å². The lowest BCUT2D eigenvalue weighted by Gasteiger charge is -2.08. The molecule has 1 heterocycles. The summed E-state index contributed by atoms with van der Waals surface area (Å²) in [6.07, 6.45) is 0. The van der Waals surface area contributed by atoms with Gasteiger partial charge in [-0.2, -0.15) is 0 Å². The minimum atomic E-state index is -1.09. The van der Waals surface area contributed by atoms with Crippen LogP contribution in [-0.4, -0.2) is 29.4 Å². The molecule has 0 radical (unpaired) electrons. The van der Waals surface area contributed by atoms with Gasteiger partial charge in [0.15, 0.2) is 0 Å². The van der Waals surface area contributed by atoms with Gasteiger partial charge in [-0.05, 0) is 31.0 Å². The number of phenols is 1. The van der Waals surface area contributed by atoms with Crippen molar-refractivity contribution >= 4 is 5.97 Å². The lowest BCUT2D eigenvalue weighted by atomic mass is 10.0. The van der Waals surface area contributed by atoms with Crippen LogP contribution in [0.4, 0.5) is 0 Å². The Labute approximate surface area is 93.2 Å². The zero-order valence-electron chi connectivity index (χ0n) is 9.19. The second kappa shape index (κ2) is 5.48. The summed E-state index contributed by atoms with van der Waals surface area (Å²) in [5.74, 6) is -1.26. The van der Waals surface area contributed by atoms with E-state index in [4.69, 9.17) is 5.11 Å². The van der Waals surface area contributed by atoms with Crippen LogP contribution in [0.5, 0.6) is 5.75 Å². The van der Waals surface area contributed by atoms with Crippen molar-refractivity contribution in [2.75, 3.05) is 13.2 Å². The van der Waals surface area contributed by atoms with Gasteiger partial charge in [0.1, 0.15) is 24.5 Å². The largest absolute Gasteiger partial charge is 0.507 e. The molecule has 5 heteroatoms. The van der Waals surface area contributed by atoms with Crippen LogP contribution in [-0.2, 0) is 9.78 Å². The number of aromatic hydroxyl groups is 1. The molecule has 88 valence electrons. The fourth-order valence-corrected chi connectivity index (χ4v) is 1.15. The standard InChI is InChI=1S/C9H10O3.C2H4O2/c1-5-3-4-7(10)8(6(5)2)9(11)12;1-2-4-3-1/h3-4,10H,1-2H3,(H,11,12);1-2H2. The van der Waals surface area contributed by atoms with E-state index in [2.05, 4.69) is 9.78 Å². The van der Waals surface area contributed by atoms with Crippen LogP contribution in [0.2, 0.25) is 0 Å². The van der Waals surface area contributed by atoms with E-state index in [-0.39, 0.29) is 11.3 Å². The van der Waals surface area contributed by atoms with Gasteiger partial charge in [0.25, 0.3) is 0 Å². The Morgan fingerprint density at radius 3 is 2.06 bits per heavy atom. The van der Waals surface area contributed by atoms with E-state index in [1.54, 1.807) is 19.9 Å². The molecule has 0 spiro atoms. The quantitative estimate of drug-likeness (QED) is 0.712. The van der Waals surface area contributed by atoms with E-state index in [9.17, 15) is 9.90 Å². The highest BCUT2D eigenvalue weighted by atomic mass is 17.2. The molecule has 1 aromatic rings. The van der Waals surface area contributed by atoms with Crippen molar-refractivity contribution in [2.24, 2.45) is 0 Å². The predicted octanol–water partition coefficient (Wildman–Crippen LogP) is 1.66. The first kappa shape index (κ1) is 12.5. The fourth-order valence-electron chi connectivity index (χ4n) is 1.15. The van der Waals surface area contributed by atoms with Crippen molar-refractivity contribution in [3.05, 3.63) is 28.8 Å². The predicted molar refractivity (Wildman–Crippen MR) is 56.4 cm³/mol. The number of rotatable bonds is 1. The summed E-state index contributed by atoms with van der Waals surface area (Å²) in [5, 5.41) is 17.9. The van der Waals surface area contributed by atoms with Crippen LogP contribution in [0.3, 0.4) is 0 Å². The fraction of sp³-hybridized carbons (Fsp3) is 0.364. The average molecular weight is 226 g/mol. The third-order valence-corrected chi connectivity index (χ3v) is 2.26. The van der Waals surface area contributed by atoms with Gasteiger partial charge >= 0.3 is 5.97 Å². The van der Waals surface area contributed by atoms with Gasteiger partial charge in [0, 0.05) is 0 Å². The van der Waals surface area contributed by atoms with Crippen molar-refractivity contribution in [1.82, 2.24) is 0 Å². The minimum Gasteiger partial charge on any atom is -0.507 e. The van der Waals surface area contributed by atoms with Gasteiger partial charge in [0.05, 0.1) is 0 Å². The van der Waals surface area contributed by atoms with Crippen LogP contribution < -0.4 is 0 Å². The summed E-state index contributed by atoms with van der Waals surface area (Å²) in [4.78, 5) is 19.1. The first-order valence-electron chi connectivity index (χ1n) is 4.81. The summed E-state index contributed by atoms with van der Waals surface area (Å²) in [7, 11) is 0. The summed E-state index contributed by atoms with van der Waals surface area (Å²) >= 11 is 0. The van der Waals surface area contributed by atoms with E-state index in [1.165, 1.54) is 6.07 Å². The van der Waals surface area contributed by atoms with E-state index >= 15 is 0 Å². The number of hydrogen-bond donors (Lipinski definition) is 2. The van der Waals surface area contributed by atoms with E-state index in [0.717, 1.165) is 18.8 Å². The molecule has 0 atom stereocenters. The van der Waals surface area contributed by atoms with Crippen LogP contribution >= 0.6 is 0 Å². The highest BCUT2D eigenvalue weighted by molar-refractivity contribution is 5.92. The molecule has 5 nitrogen and oxygen atoms in total. The Morgan fingerprint density at radius 1 is 1.25 bits per heavy atom. The van der Waals surface area contributed by atoms with E-state index < -0.39 is 5.97 Å². The van der Waals surface area contributed by atoms with Gasteiger partial charge in [-0.25, -0.2) is 14.6 Å². The monoisotopic (exact) mass is 226 g/mol. The number of aryl methyl sites for hydroxylation is 1. The molecule has 1 saturated heterocycles. The Hall–Kier alpha value is -1.59. The van der Waals surface area contributed by atoms with Gasteiger partial charge in [-0.3, -0.25) is 0 Å². The topological polar surface area (TPSA) is 76.0 Å². The molecule has 1 aromatic carbocycles. The summed E-state index contributed by atoms with van der Waals surface area (Å²) in [6, 6.07) is 3.09. The normalized spacial score (nSPS) is 13.4. The second-order valence-electron chi connectivity index (χ2n) is 3.35. The highest BCUT2D eigenvalue weighted by Gasteiger charge is 2.13. The van der Waals surface area contributed by atoms with Gasteiger partial charge in [0.2, 0.25) is 0 Å². The number of aromatic carboxylic acids is 1. The molecule has 2 N–H and O–H groups in total. The maximum atomic E-state index is 10.6. The molecule has 1 aliphatic heterocycles. The maximum absolute atomic E-state index is 10.6. The van der Waals surface area contributed by atoms with Crippen molar-refractivity contribution in [2.45, 2.75) is 13.8 Å². The molecule has 0 unspecified atom stereocenters. The number of benzene rings is 1. The van der Waals surface area contributed by atoms with Crippen molar-refractivity contribution in [1.29, 1.82) is 0 Å². The SMILES string of the molecule is C1COO1.Cc1ccc(O)c(C(=O)O)c1C. The molecular formula is C11H14O5. The Morgan fingerprint density at radius 2 is 1.75 bits per heavy atom. The molecule has 16 heavy (non-hydrogen) atoms. The number of hydrogen-bond acceptors (Lipinski definition) is 4. The minimum absolute atomic E-state index is 0.00463. The van der Waals surface area contributed by atoms with Crippen LogP contribution in [0.25, 0.3) is 0 Å². The smallest absolute Gasteiger partial charge is 0.339 e. The second-order valence-corrected chi connectivity index (χ2v) is 3.35. The lowest BCUT2D eigenvalue weighted by Crippen LogP contribution is -2.14. The molecule has 2 rings (SSSR count). The first-order valence-corrected chi connectivity index (χ1v) is 4.81. The number of carbonyl (C=O) groups is 1. The van der Waals surface area contributed by atoms with Gasteiger partial charge < -0.3 is 10.2 Å². The Kier molecular flexibility index (Phi) is 4.28. The van der Waals surface area contributed by atoms with Crippen LogP contribution in [0.15, 0.2) is 12.1 Å². The molecule has 0 aliphatic carbocycles. The highest BCUT2D eigenvalue weighted by Crippen LogP contribution is 2.23. The third-order valence-electron chi connectivity index (χ3n) is 2.26. The van der Waals surface area contributed by atoms with Crippen molar-refractivity contribution in [3.8, 4) is 5.75 Å². The molecule has 0 bridgehead atoms. The zero-order valence-corrected chi connectivity index (χ0v) is 9.19. The molecule has 1 aliphatic rings. The number of carboxylic acids is 1. The van der Waals surface area contributed by atoms with Crippen LogP contribution in [0, 0.1) is 13.8 Å². The zero-order chi connectivity index (χ0) is 12.1. The third kappa shape index (κ3) is 2.95. The summed E-state index contributed by atoms with van der Waals surface area (Å²) in [5.41, 5.74) is 1.47. The number of carboxylic acid groups (broad SMARTS) is 1. The summed E-state index contributed by atoms with van der Waals surface area (Å²) in [6.45, 7) is 5.04. The lowest BCUT2D eigenvalue weighted by molar-refractivity contribution is -0.382. The van der Waals surface area contributed by atoms with Crippen LogP contribution in [0.1, 0.15) is 21.5 Å². The molecule has 1 fully saturated rings. The molecular weight excluding hydrogens is 212 g/mol. The van der Waals surface area contributed by atoms with Gasteiger partial charge in [-0.1, -0.05) is 6.07 Å². The molecule has 0 saturated carbocycles. The van der Waals surface area contributed by atoms with E-state index in [1.807, 2.05) is 0 Å².